The van der Waals surface area contributed by atoms with Gasteiger partial charge >= 0.3 is 6.09 Å². The van der Waals surface area contributed by atoms with E-state index in [0.29, 0.717) is 56.2 Å². The second-order valence-electron chi connectivity index (χ2n) is 8.94. The average molecular weight is 491 g/mol. The quantitative estimate of drug-likeness (QED) is 0.468. The van der Waals surface area contributed by atoms with Gasteiger partial charge in [0.2, 0.25) is 11.8 Å². The zero-order chi connectivity index (χ0) is 25.4. The number of benzene rings is 1. The van der Waals surface area contributed by atoms with Crippen molar-refractivity contribution >= 4 is 11.8 Å². The topological polar surface area (TPSA) is 95.0 Å². The predicted octanol–water partition coefficient (Wildman–Crippen LogP) is 4.94. The molecule has 0 saturated carbocycles. The normalized spacial score (nSPS) is 14.3. The van der Waals surface area contributed by atoms with Gasteiger partial charge in [-0.05, 0) is 46.8 Å². The van der Waals surface area contributed by atoms with E-state index >= 15 is 0 Å². The number of carbonyl (C=O) groups is 1. The Morgan fingerprint density at radius 1 is 1.14 bits per heavy atom. The molecule has 3 rings (SSSR count). The average Bonchev–Trinajstić information content (AvgIpc) is 2.80. The first kappa shape index (κ1) is 26.5. The lowest BCUT2D eigenvalue weighted by Gasteiger charge is -2.31. The lowest BCUT2D eigenvalue weighted by molar-refractivity contribution is 0.0505. The van der Waals surface area contributed by atoms with Crippen LogP contribution in [0.3, 0.4) is 0 Å². The fourth-order valence-electron chi connectivity index (χ4n) is 3.52. The molecule has 10 heteroatoms. The van der Waals surface area contributed by atoms with Crippen LogP contribution in [-0.2, 0) is 9.47 Å². The number of amides is 1. The Bertz CT molecular complexity index is 980. The van der Waals surface area contributed by atoms with Crippen LogP contribution in [0, 0.1) is 12.7 Å². The van der Waals surface area contributed by atoms with Crippen molar-refractivity contribution in [3.8, 4) is 17.5 Å². The van der Waals surface area contributed by atoms with E-state index in [4.69, 9.17) is 18.9 Å². The van der Waals surface area contributed by atoms with E-state index in [-0.39, 0.29) is 36.0 Å². The summed E-state index contributed by atoms with van der Waals surface area (Å²) in [4.78, 5) is 22.1. The van der Waals surface area contributed by atoms with E-state index in [2.05, 4.69) is 15.3 Å². The van der Waals surface area contributed by atoms with Crippen LogP contribution in [0.25, 0.3) is 0 Å². The summed E-state index contributed by atoms with van der Waals surface area (Å²) in [5.41, 5.74) is 1.20. The minimum atomic E-state index is -0.513. The first-order valence-corrected chi connectivity index (χ1v) is 12.0. The van der Waals surface area contributed by atoms with Crippen molar-refractivity contribution in [3.63, 3.8) is 0 Å². The second kappa shape index (κ2) is 12.5. The van der Waals surface area contributed by atoms with Crippen LogP contribution in [0.1, 0.15) is 46.1 Å². The fraction of sp³-hybridized carbons (Fsp3) is 0.560. The Kier molecular flexibility index (Phi) is 9.47. The summed E-state index contributed by atoms with van der Waals surface area (Å²) in [5.74, 6) is 0.138. The highest BCUT2D eigenvalue weighted by molar-refractivity contribution is 5.67. The van der Waals surface area contributed by atoms with E-state index in [9.17, 15) is 9.18 Å². The van der Waals surface area contributed by atoms with Crippen LogP contribution >= 0.6 is 0 Å². The van der Waals surface area contributed by atoms with Crippen molar-refractivity contribution < 1.29 is 28.1 Å². The van der Waals surface area contributed by atoms with Gasteiger partial charge in [-0.15, -0.1) is 0 Å². The molecule has 35 heavy (non-hydrogen) atoms. The zero-order valence-electron chi connectivity index (χ0n) is 21.0. The third kappa shape index (κ3) is 7.95. The van der Waals surface area contributed by atoms with Gasteiger partial charge in [-0.1, -0.05) is 0 Å². The van der Waals surface area contributed by atoms with E-state index in [1.54, 1.807) is 24.0 Å². The highest BCUT2D eigenvalue weighted by atomic mass is 19.1. The van der Waals surface area contributed by atoms with Crippen LogP contribution in [0.5, 0.6) is 17.5 Å². The lowest BCUT2D eigenvalue weighted by atomic mass is 10.1. The smallest absolute Gasteiger partial charge is 0.410 e. The number of nitrogens with zero attached hydrogens (tertiary/aromatic N) is 3. The summed E-state index contributed by atoms with van der Waals surface area (Å²) in [7, 11) is 0. The number of piperidine rings is 1. The number of anilines is 1. The molecule has 9 nitrogen and oxygen atoms in total. The summed E-state index contributed by atoms with van der Waals surface area (Å²) in [6.07, 6.45) is 2.21. The van der Waals surface area contributed by atoms with Gasteiger partial charge < -0.3 is 29.2 Å². The van der Waals surface area contributed by atoms with Gasteiger partial charge in [-0.3, -0.25) is 0 Å². The third-order valence-electron chi connectivity index (χ3n) is 5.33. The molecule has 192 valence electrons. The highest BCUT2D eigenvalue weighted by Crippen LogP contribution is 2.31. The van der Waals surface area contributed by atoms with Crippen LogP contribution in [0.2, 0.25) is 0 Å². The van der Waals surface area contributed by atoms with Crippen molar-refractivity contribution in [3.05, 3.63) is 35.9 Å². The summed E-state index contributed by atoms with van der Waals surface area (Å²) in [6, 6.07) is 4.66. The number of hydrogen-bond donors (Lipinski definition) is 1. The summed E-state index contributed by atoms with van der Waals surface area (Å²) >= 11 is 0. The molecule has 1 amide bonds. The standard InChI is InChI=1S/C25H35FN4O5/c1-16(2)32-13-10-27-19-6-7-22(21(26)14-19)35-24-18(5)23(28-15-29-24)34-20-8-11-30(12-9-20)25(31)33-17(3)4/h6-7,14-17,20,27H,8-13H2,1-5H3. The van der Waals surface area contributed by atoms with Gasteiger partial charge in [0.15, 0.2) is 11.6 Å². The van der Waals surface area contributed by atoms with Crippen LogP contribution in [0.4, 0.5) is 14.9 Å². The highest BCUT2D eigenvalue weighted by Gasteiger charge is 2.26. The number of likely N-dealkylation sites (tertiary alicyclic amines) is 1. The minimum Gasteiger partial charge on any atom is -0.474 e. The molecule has 0 radical (unpaired) electrons. The first-order valence-electron chi connectivity index (χ1n) is 12.0. The molecule has 0 atom stereocenters. The Labute approximate surface area is 205 Å². The van der Waals surface area contributed by atoms with E-state index in [0.717, 1.165) is 0 Å². The molecule has 1 aliphatic rings. The van der Waals surface area contributed by atoms with Crippen LogP contribution in [0.15, 0.2) is 24.5 Å². The van der Waals surface area contributed by atoms with E-state index in [1.165, 1.54) is 12.4 Å². The molecule has 0 aliphatic carbocycles. The van der Waals surface area contributed by atoms with Crippen molar-refractivity contribution in [2.75, 3.05) is 31.6 Å². The lowest BCUT2D eigenvalue weighted by Crippen LogP contribution is -2.42. The second-order valence-corrected chi connectivity index (χ2v) is 8.94. The maximum absolute atomic E-state index is 14.6. The zero-order valence-corrected chi connectivity index (χ0v) is 21.0. The first-order chi connectivity index (χ1) is 16.7. The van der Waals surface area contributed by atoms with Crippen molar-refractivity contribution in [1.82, 2.24) is 14.9 Å². The molecule has 1 aromatic heterocycles. The van der Waals surface area contributed by atoms with Gasteiger partial charge in [0.05, 0.1) is 24.4 Å². The molecule has 1 aliphatic heterocycles. The molecule has 1 fully saturated rings. The Morgan fingerprint density at radius 2 is 1.86 bits per heavy atom. The molecule has 2 heterocycles. The van der Waals surface area contributed by atoms with Crippen molar-refractivity contribution in [2.45, 2.75) is 65.8 Å². The number of carbonyl (C=O) groups excluding carboxylic acids is 1. The van der Waals surface area contributed by atoms with Gasteiger partial charge in [0.1, 0.15) is 12.4 Å². The van der Waals surface area contributed by atoms with Gasteiger partial charge in [0.25, 0.3) is 0 Å². The van der Waals surface area contributed by atoms with Gasteiger partial charge in [0, 0.05) is 44.2 Å². The van der Waals surface area contributed by atoms with E-state index in [1.807, 2.05) is 27.7 Å². The molecule has 0 bridgehead atoms. The predicted molar refractivity (Wildman–Crippen MR) is 130 cm³/mol. The van der Waals surface area contributed by atoms with Gasteiger partial charge in [-0.2, -0.15) is 0 Å². The third-order valence-corrected chi connectivity index (χ3v) is 5.33. The Balaban J connectivity index is 1.56. The maximum Gasteiger partial charge on any atom is 0.410 e. The Morgan fingerprint density at radius 3 is 2.51 bits per heavy atom. The monoisotopic (exact) mass is 490 g/mol. The van der Waals surface area contributed by atoms with Crippen LogP contribution < -0.4 is 14.8 Å². The number of ether oxygens (including phenoxy) is 4. The number of halogens is 1. The molecular weight excluding hydrogens is 455 g/mol. The molecule has 2 aromatic rings. The number of aromatic nitrogens is 2. The SMILES string of the molecule is Cc1c(Oc2ccc(NCCOC(C)C)cc2F)ncnc1OC1CCN(C(=O)OC(C)C)CC1. The molecule has 1 saturated heterocycles. The minimum absolute atomic E-state index is 0.0544. The number of hydrogen-bond acceptors (Lipinski definition) is 8. The molecule has 0 unspecified atom stereocenters. The van der Waals surface area contributed by atoms with E-state index < -0.39 is 5.82 Å². The summed E-state index contributed by atoms with van der Waals surface area (Å²) in [5, 5.41) is 3.12. The van der Waals surface area contributed by atoms with Gasteiger partial charge in [-0.25, -0.2) is 19.2 Å². The van der Waals surface area contributed by atoms with Crippen LogP contribution in [-0.4, -0.2) is 65.5 Å². The molecule has 1 N–H and O–H groups in total. The molecule has 1 aromatic carbocycles. The fourth-order valence-corrected chi connectivity index (χ4v) is 3.52. The van der Waals surface area contributed by atoms with Crippen molar-refractivity contribution in [2.24, 2.45) is 0 Å². The summed E-state index contributed by atoms with van der Waals surface area (Å²) in [6.45, 7) is 11.5. The molecule has 0 spiro atoms. The number of rotatable bonds is 10. The summed E-state index contributed by atoms with van der Waals surface area (Å²) < 4.78 is 37.2. The number of nitrogens with one attached hydrogen (secondary N) is 1. The maximum atomic E-state index is 14.6. The van der Waals surface area contributed by atoms with Crippen molar-refractivity contribution in [1.29, 1.82) is 0 Å². The molecular formula is C25H35FN4O5. The Hall–Kier alpha value is -3.14. The largest absolute Gasteiger partial charge is 0.474 e.